The van der Waals surface area contributed by atoms with Crippen LogP contribution in [-0.2, 0) is 5.54 Å². The lowest BCUT2D eigenvalue weighted by Crippen LogP contribution is -2.52. The molecule has 0 unspecified atom stereocenters. The molecule has 0 spiro atoms. The maximum absolute atomic E-state index is 5.77. The van der Waals surface area contributed by atoms with Crippen molar-refractivity contribution < 1.29 is 4.74 Å². The summed E-state index contributed by atoms with van der Waals surface area (Å²) in [6.07, 6.45) is 7.85. The Labute approximate surface area is 186 Å². The van der Waals surface area contributed by atoms with Crippen molar-refractivity contribution in [2.75, 3.05) is 33.3 Å². The predicted molar refractivity (Wildman–Crippen MR) is 122 cm³/mol. The number of methoxy groups -OCH3 is 1. The number of tetrazole rings is 1. The van der Waals surface area contributed by atoms with E-state index in [0.717, 1.165) is 55.8 Å². The van der Waals surface area contributed by atoms with Crippen molar-refractivity contribution in [3.8, 4) is 5.75 Å². The number of hydrogen-bond donors (Lipinski definition) is 0. The summed E-state index contributed by atoms with van der Waals surface area (Å²) in [6.45, 7) is 10.8. The number of ether oxygens (including phenoxy) is 1. The van der Waals surface area contributed by atoms with Crippen molar-refractivity contribution in [1.82, 2.24) is 30.0 Å². The summed E-state index contributed by atoms with van der Waals surface area (Å²) in [5.74, 6) is 1.80. The molecule has 7 heteroatoms. The van der Waals surface area contributed by atoms with Crippen LogP contribution in [0.4, 0.5) is 0 Å². The van der Waals surface area contributed by atoms with Crippen molar-refractivity contribution in [3.63, 3.8) is 0 Å². The monoisotopic (exact) mass is 426 g/mol. The fourth-order valence-corrected chi connectivity index (χ4v) is 5.14. The second kappa shape index (κ2) is 9.65. The summed E-state index contributed by atoms with van der Waals surface area (Å²) in [5, 5.41) is 13.1. The van der Waals surface area contributed by atoms with Gasteiger partial charge in [-0.25, -0.2) is 4.68 Å². The highest BCUT2D eigenvalue weighted by Crippen LogP contribution is 2.36. The number of benzene rings is 1. The highest BCUT2D eigenvalue weighted by molar-refractivity contribution is 5.39. The van der Waals surface area contributed by atoms with Gasteiger partial charge in [-0.1, -0.05) is 44.4 Å². The van der Waals surface area contributed by atoms with E-state index in [4.69, 9.17) is 4.74 Å². The Bertz CT molecular complexity index is 836. The maximum atomic E-state index is 5.77. The molecular formula is C24H38N6O. The Morgan fingerprint density at radius 3 is 2.45 bits per heavy atom. The van der Waals surface area contributed by atoms with Gasteiger partial charge >= 0.3 is 0 Å². The Hall–Kier alpha value is -1.99. The third kappa shape index (κ3) is 4.62. The van der Waals surface area contributed by atoms with Crippen molar-refractivity contribution in [2.24, 2.45) is 0 Å². The highest BCUT2D eigenvalue weighted by atomic mass is 16.5. The molecule has 4 rings (SSSR count). The standard InChI is InChI=1S/C24H38N6O/c1-5-24(2,3)30-23(25-26-27-30)22(20-13-9-10-14-21(20)31-4)29-17-15-28(16-18-29)19-11-7-6-8-12-19/h9-10,13-14,19,22H,5-8,11-12,15-18H2,1-4H3/t22-/m1/s1. The quantitative estimate of drug-likeness (QED) is 0.670. The molecule has 31 heavy (non-hydrogen) atoms. The molecule has 2 fully saturated rings. The molecule has 1 aromatic carbocycles. The predicted octanol–water partition coefficient (Wildman–Crippen LogP) is 3.87. The highest BCUT2D eigenvalue weighted by Gasteiger charge is 2.36. The smallest absolute Gasteiger partial charge is 0.173 e. The van der Waals surface area contributed by atoms with Crippen molar-refractivity contribution >= 4 is 0 Å². The summed E-state index contributed by atoms with van der Waals surface area (Å²) in [4.78, 5) is 5.26. The number of hydrogen-bond acceptors (Lipinski definition) is 6. The van der Waals surface area contributed by atoms with E-state index in [1.54, 1.807) is 7.11 Å². The van der Waals surface area contributed by atoms with Crippen LogP contribution in [0.15, 0.2) is 24.3 Å². The van der Waals surface area contributed by atoms with Crippen molar-refractivity contribution in [1.29, 1.82) is 0 Å². The lowest BCUT2D eigenvalue weighted by atomic mass is 9.93. The molecule has 0 radical (unpaired) electrons. The average molecular weight is 427 g/mol. The van der Waals surface area contributed by atoms with Gasteiger partial charge in [0.1, 0.15) is 11.8 Å². The van der Waals surface area contributed by atoms with Crippen molar-refractivity contribution in [3.05, 3.63) is 35.7 Å². The maximum Gasteiger partial charge on any atom is 0.173 e. The molecule has 1 aliphatic heterocycles. The van der Waals surface area contributed by atoms with Crippen LogP contribution >= 0.6 is 0 Å². The van der Waals surface area contributed by atoms with Crippen LogP contribution in [0.3, 0.4) is 0 Å². The summed E-state index contributed by atoms with van der Waals surface area (Å²) in [7, 11) is 1.75. The van der Waals surface area contributed by atoms with E-state index in [2.05, 4.69) is 58.2 Å². The van der Waals surface area contributed by atoms with Gasteiger partial charge in [-0.05, 0) is 49.6 Å². The number of piperazine rings is 1. The second-order valence-corrected chi connectivity index (χ2v) is 9.62. The minimum absolute atomic E-state index is 0.0227. The molecule has 2 aliphatic rings. The molecule has 0 amide bonds. The van der Waals surface area contributed by atoms with E-state index in [1.165, 1.54) is 32.1 Å². The molecule has 1 saturated carbocycles. The molecular weight excluding hydrogens is 388 g/mol. The third-order valence-electron chi connectivity index (χ3n) is 7.42. The van der Waals surface area contributed by atoms with Crippen LogP contribution in [0.5, 0.6) is 5.75 Å². The zero-order valence-corrected chi connectivity index (χ0v) is 19.6. The van der Waals surface area contributed by atoms with Crippen LogP contribution in [0, 0.1) is 0 Å². The third-order valence-corrected chi connectivity index (χ3v) is 7.42. The average Bonchev–Trinajstić information content (AvgIpc) is 3.31. The van der Waals surface area contributed by atoms with Gasteiger partial charge in [-0.2, -0.15) is 0 Å². The largest absolute Gasteiger partial charge is 0.496 e. The van der Waals surface area contributed by atoms with Gasteiger partial charge in [0.15, 0.2) is 5.82 Å². The normalized spacial score (nSPS) is 20.6. The van der Waals surface area contributed by atoms with E-state index < -0.39 is 0 Å². The van der Waals surface area contributed by atoms with Crippen LogP contribution in [0.1, 0.15) is 76.7 Å². The Balaban J connectivity index is 1.64. The Morgan fingerprint density at radius 2 is 1.77 bits per heavy atom. The van der Waals surface area contributed by atoms with Crippen LogP contribution < -0.4 is 4.74 Å². The first kappa shape index (κ1) is 22.2. The molecule has 2 aromatic rings. The van der Waals surface area contributed by atoms with Gasteiger partial charge in [-0.15, -0.1) is 5.10 Å². The molecule has 1 aromatic heterocycles. The van der Waals surface area contributed by atoms with E-state index in [9.17, 15) is 0 Å². The number of rotatable bonds is 7. The lowest BCUT2D eigenvalue weighted by molar-refractivity contribution is 0.0600. The zero-order chi connectivity index (χ0) is 21.8. The summed E-state index contributed by atoms with van der Waals surface area (Å²) in [6, 6.07) is 9.06. The second-order valence-electron chi connectivity index (χ2n) is 9.62. The minimum Gasteiger partial charge on any atom is -0.496 e. The van der Waals surface area contributed by atoms with E-state index in [-0.39, 0.29) is 11.6 Å². The summed E-state index contributed by atoms with van der Waals surface area (Å²) < 4.78 is 7.79. The molecule has 170 valence electrons. The van der Waals surface area contributed by atoms with Gasteiger partial charge in [0.05, 0.1) is 12.6 Å². The van der Waals surface area contributed by atoms with E-state index in [1.807, 2.05) is 16.8 Å². The van der Waals surface area contributed by atoms with Gasteiger partial charge in [0.2, 0.25) is 0 Å². The first-order valence-electron chi connectivity index (χ1n) is 11.9. The van der Waals surface area contributed by atoms with Crippen LogP contribution in [0.25, 0.3) is 0 Å². The van der Waals surface area contributed by atoms with E-state index in [0.29, 0.717) is 0 Å². The summed E-state index contributed by atoms with van der Waals surface area (Å²) in [5.41, 5.74) is 0.988. The van der Waals surface area contributed by atoms with Gasteiger partial charge < -0.3 is 4.74 Å². The van der Waals surface area contributed by atoms with Crippen molar-refractivity contribution in [2.45, 2.75) is 76.9 Å². The van der Waals surface area contributed by atoms with Gasteiger partial charge in [0.25, 0.3) is 0 Å². The first-order chi connectivity index (χ1) is 15.0. The number of nitrogens with zero attached hydrogens (tertiary/aromatic N) is 6. The molecule has 1 saturated heterocycles. The Morgan fingerprint density at radius 1 is 1.06 bits per heavy atom. The molecule has 7 nitrogen and oxygen atoms in total. The Kier molecular flexibility index (Phi) is 6.92. The molecule has 2 heterocycles. The van der Waals surface area contributed by atoms with E-state index >= 15 is 0 Å². The minimum atomic E-state index is -0.150. The molecule has 1 aliphatic carbocycles. The number of para-hydroxylation sites is 1. The topological polar surface area (TPSA) is 59.3 Å². The first-order valence-corrected chi connectivity index (χ1v) is 11.9. The van der Waals surface area contributed by atoms with Crippen LogP contribution in [-0.4, -0.2) is 69.3 Å². The molecule has 1 atom stereocenters. The lowest BCUT2D eigenvalue weighted by Gasteiger charge is -2.43. The summed E-state index contributed by atoms with van der Waals surface area (Å²) >= 11 is 0. The van der Waals surface area contributed by atoms with Gasteiger partial charge in [0, 0.05) is 37.8 Å². The fourth-order valence-electron chi connectivity index (χ4n) is 5.14. The zero-order valence-electron chi connectivity index (χ0n) is 19.6. The van der Waals surface area contributed by atoms with Gasteiger partial charge in [-0.3, -0.25) is 9.80 Å². The molecule has 0 N–H and O–H groups in total. The SMILES string of the molecule is CCC(C)(C)n1nnnc1[C@@H](c1ccccc1OC)N1CCN(C2CCCCC2)CC1. The van der Waals surface area contributed by atoms with Crippen LogP contribution in [0.2, 0.25) is 0 Å². The number of aromatic nitrogens is 4. The molecule has 0 bridgehead atoms. The fraction of sp³-hybridized carbons (Fsp3) is 0.708.